The average molecular weight is 309 g/mol. The molecule has 1 aliphatic rings. The average Bonchev–Trinajstić information content (AvgIpc) is 2.43. The predicted octanol–water partition coefficient (Wildman–Crippen LogP) is 5.01. The van der Waals surface area contributed by atoms with E-state index in [0.717, 1.165) is 16.5 Å². The maximum absolute atomic E-state index is 6.27. The largest absolute Gasteiger partial charge is 0.271 e. The molecule has 1 unspecified atom stereocenters. The van der Waals surface area contributed by atoms with Gasteiger partial charge < -0.3 is 0 Å². The molecule has 0 bridgehead atoms. The minimum Gasteiger partial charge on any atom is -0.271 e. The summed E-state index contributed by atoms with van der Waals surface area (Å²) in [6.07, 6.45) is 5.07. The number of hydrogen-bond acceptors (Lipinski definition) is 2. The first-order valence-electron chi connectivity index (χ1n) is 8.05. The highest BCUT2D eigenvalue weighted by Gasteiger charge is 2.33. The lowest BCUT2D eigenvalue weighted by Crippen LogP contribution is -2.36. The van der Waals surface area contributed by atoms with Crippen LogP contribution in [0, 0.1) is 24.2 Å². The maximum atomic E-state index is 6.27. The van der Waals surface area contributed by atoms with Crippen LogP contribution in [-0.2, 0) is 0 Å². The SMILES string of the molecule is Cc1ccc(C(NN)C2CCC(C(C)(C)C)CC2)cc1Cl. The van der Waals surface area contributed by atoms with Crippen LogP contribution >= 0.6 is 11.6 Å². The summed E-state index contributed by atoms with van der Waals surface area (Å²) in [6.45, 7) is 9.11. The molecule has 0 radical (unpaired) electrons. The van der Waals surface area contributed by atoms with E-state index < -0.39 is 0 Å². The Morgan fingerprint density at radius 1 is 1.19 bits per heavy atom. The molecule has 1 aliphatic carbocycles. The molecule has 3 N–H and O–H groups in total. The molecule has 1 fully saturated rings. The van der Waals surface area contributed by atoms with Gasteiger partial charge in [0.25, 0.3) is 0 Å². The molecule has 0 aromatic heterocycles. The number of hydrogen-bond donors (Lipinski definition) is 2. The predicted molar refractivity (Wildman–Crippen MR) is 91.2 cm³/mol. The molecule has 1 aromatic carbocycles. The molecular weight excluding hydrogens is 280 g/mol. The van der Waals surface area contributed by atoms with Crippen LogP contribution in [0.4, 0.5) is 0 Å². The van der Waals surface area contributed by atoms with Crippen molar-refractivity contribution in [3.05, 3.63) is 34.3 Å². The van der Waals surface area contributed by atoms with Crippen molar-refractivity contribution in [3.63, 3.8) is 0 Å². The molecule has 2 rings (SSSR count). The summed E-state index contributed by atoms with van der Waals surface area (Å²) < 4.78 is 0. The van der Waals surface area contributed by atoms with Crippen molar-refractivity contribution in [1.82, 2.24) is 5.43 Å². The standard InChI is InChI=1S/C18H29ClN2/c1-12-5-6-14(11-16(12)19)17(21-20)13-7-9-15(10-8-13)18(2,3)4/h5-6,11,13,15,17,21H,7-10,20H2,1-4H3. The molecule has 0 spiro atoms. The van der Waals surface area contributed by atoms with Crippen LogP contribution in [-0.4, -0.2) is 0 Å². The van der Waals surface area contributed by atoms with Gasteiger partial charge >= 0.3 is 0 Å². The van der Waals surface area contributed by atoms with Crippen LogP contribution in [0.3, 0.4) is 0 Å². The zero-order chi connectivity index (χ0) is 15.6. The minimum atomic E-state index is 0.212. The number of benzene rings is 1. The van der Waals surface area contributed by atoms with E-state index in [1.165, 1.54) is 31.2 Å². The quantitative estimate of drug-likeness (QED) is 0.609. The highest BCUT2D eigenvalue weighted by atomic mass is 35.5. The van der Waals surface area contributed by atoms with Gasteiger partial charge in [-0.3, -0.25) is 11.3 Å². The molecule has 1 atom stereocenters. The molecule has 2 nitrogen and oxygen atoms in total. The Bertz CT molecular complexity index is 471. The Balaban J connectivity index is 2.07. The summed E-state index contributed by atoms with van der Waals surface area (Å²) in [4.78, 5) is 0. The fourth-order valence-electron chi connectivity index (χ4n) is 3.63. The van der Waals surface area contributed by atoms with E-state index in [1.54, 1.807) is 0 Å². The smallest absolute Gasteiger partial charge is 0.0488 e. The molecule has 0 saturated heterocycles. The van der Waals surface area contributed by atoms with Crippen molar-refractivity contribution in [3.8, 4) is 0 Å². The van der Waals surface area contributed by atoms with Crippen molar-refractivity contribution in [2.24, 2.45) is 23.1 Å². The summed E-state index contributed by atoms with van der Waals surface area (Å²) in [5.41, 5.74) is 5.78. The maximum Gasteiger partial charge on any atom is 0.0488 e. The molecule has 1 saturated carbocycles. The fourth-order valence-corrected chi connectivity index (χ4v) is 3.81. The van der Waals surface area contributed by atoms with Crippen LogP contribution in [0.25, 0.3) is 0 Å². The van der Waals surface area contributed by atoms with Crippen molar-refractivity contribution < 1.29 is 0 Å². The van der Waals surface area contributed by atoms with Crippen molar-refractivity contribution in [1.29, 1.82) is 0 Å². The first-order chi connectivity index (χ1) is 9.82. The second kappa shape index (κ2) is 6.68. The van der Waals surface area contributed by atoms with Gasteiger partial charge in [0, 0.05) is 11.1 Å². The third-order valence-electron chi connectivity index (χ3n) is 5.20. The van der Waals surface area contributed by atoms with Crippen LogP contribution < -0.4 is 11.3 Å². The van der Waals surface area contributed by atoms with E-state index >= 15 is 0 Å². The van der Waals surface area contributed by atoms with Gasteiger partial charge in [-0.2, -0.15) is 0 Å². The van der Waals surface area contributed by atoms with E-state index in [-0.39, 0.29) is 6.04 Å². The van der Waals surface area contributed by atoms with Crippen LogP contribution in [0.1, 0.15) is 63.6 Å². The second-order valence-electron chi connectivity index (χ2n) is 7.63. The normalized spacial score (nSPS) is 24.9. The summed E-state index contributed by atoms with van der Waals surface area (Å²) in [5.74, 6) is 7.28. The van der Waals surface area contributed by atoms with E-state index in [9.17, 15) is 0 Å². The number of nitrogens with one attached hydrogen (secondary N) is 1. The molecule has 0 amide bonds. The third-order valence-corrected chi connectivity index (χ3v) is 5.61. The molecule has 1 aromatic rings. The van der Waals surface area contributed by atoms with Gasteiger partial charge in [-0.15, -0.1) is 0 Å². The fraction of sp³-hybridized carbons (Fsp3) is 0.667. The van der Waals surface area contributed by atoms with Gasteiger partial charge in [-0.05, 0) is 67.1 Å². The number of nitrogens with two attached hydrogens (primary N) is 1. The number of halogens is 1. The Morgan fingerprint density at radius 3 is 2.29 bits per heavy atom. The molecule has 0 aliphatic heterocycles. The zero-order valence-corrected chi connectivity index (χ0v) is 14.5. The summed E-state index contributed by atoms with van der Waals surface area (Å²) in [7, 11) is 0. The topological polar surface area (TPSA) is 38.0 Å². The van der Waals surface area contributed by atoms with Gasteiger partial charge in [-0.1, -0.05) is 44.5 Å². The van der Waals surface area contributed by atoms with E-state index in [0.29, 0.717) is 11.3 Å². The number of hydrazine groups is 1. The Labute approximate surface area is 134 Å². The van der Waals surface area contributed by atoms with E-state index in [2.05, 4.69) is 44.4 Å². The van der Waals surface area contributed by atoms with Crippen LogP contribution in [0.15, 0.2) is 18.2 Å². The van der Waals surface area contributed by atoms with Gasteiger partial charge in [0.2, 0.25) is 0 Å². The summed E-state index contributed by atoms with van der Waals surface area (Å²) in [5, 5.41) is 0.830. The van der Waals surface area contributed by atoms with E-state index in [4.69, 9.17) is 17.4 Å². The summed E-state index contributed by atoms with van der Waals surface area (Å²) >= 11 is 6.27. The Morgan fingerprint density at radius 2 is 1.81 bits per heavy atom. The van der Waals surface area contributed by atoms with Gasteiger partial charge in [0.15, 0.2) is 0 Å². The van der Waals surface area contributed by atoms with Crippen molar-refractivity contribution in [2.45, 2.75) is 59.4 Å². The van der Waals surface area contributed by atoms with Crippen molar-refractivity contribution in [2.75, 3.05) is 0 Å². The lowest BCUT2D eigenvalue weighted by molar-refractivity contribution is 0.132. The lowest BCUT2D eigenvalue weighted by atomic mass is 9.68. The molecule has 3 heteroatoms. The highest BCUT2D eigenvalue weighted by molar-refractivity contribution is 6.31. The Kier molecular flexibility index (Phi) is 5.34. The molecule has 118 valence electrons. The van der Waals surface area contributed by atoms with E-state index in [1.807, 2.05) is 6.92 Å². The second-order valence-corrected chi connectivity index (χ2v) is 8.04. The van der Waals surface area contributed by atoms with Crippen LogP contribution in [0.5, 0.6) is 0 Å². The molecular formula is C18H29ClN2. The number of aryl methyl sites for hydroxylation is 1. The zero-order valence-electron chi connectivity index (χ0n) is 13.7. The monoisotopic (exact) mass is 308 g/mol. The first-order valence-corrected chi connectivity index (χ1v) is 8.43. The lowest BCUT2D eigenvalue weighted by Gasteiger charge is -2.39. The van der Waals surface area contributed by atoms with Gasteiger partial charge in [0.1, 0.15) is 0 Å². The molecule has 21 heavy (non-hydrogen) atoms. The van der Waals surface area contributed by atoms with Crippen LogP contribution in [0.2, 0.25) is 5.02 Å². The first kappa shape index (κ1) is 16.8. The summed E-state index contributed by atoms with van der Waals surface area (Å²) in [6, 6.07) is 6.52. The third kappa shape index (κ3) is 4.00. The Hall–Kier alpha value is -0.570. The highest BCUT2D eigenvalue weighted by Crippen LogP contribution is 2.43. The van der Waals surface area contributed by atoms with Crippen molar-refractivity contribution >= 4 is 11.6 Å². The molecule has 0 heterocycles. The number of rotatable bonds is 3. The minimum absolute atomic E-state index is 0.212. The van der Waals surface area contributed by atoms with Gasteiger partial charge in [0.05, 0.1) is 0 Å². The van der Waals surface area contributed by atoms with Gasteiger partial charge in [-0.25, -0.2) is 0 Å².